The predicted molar refractivity (Wildman–Crippen MR) is 109 cm³/mol. The molecule has 1 fully saturated rings. The highest BCUT2D eigenvalue weighted by Gasteiger charge is 2.34. The van der Waals surface area contributed by atoms with E-state index < -0.39 is 9.84 Å². The Balaban J connectivity index is 1.47. The molecule has 0 unspecified atom stereocenters. The molecular weight excluding hydrogens is 415 g/mol. The zero-order chi connectivity index (χ0) is 20.2. The number of hydrogen-bond acceptors (Lipinski definition) is 6. The van der Waals surface area contributed by atoms with Crippen LogP contribution >= 0.6 is 11.3 Å². The molecule has 1 N–H and O–H groups in total. The Bertz CT molecular complexity index is 1230. The first-order chi connectivity index (χ1) is 13.9. The van der Waals surface area contributed by atoms with Gasteiger partial charge in [-0.1, -0.05) is 11.3 Å². The van der Waals surface area contributed by atoms with Gasteiger partial charge in [-0.15, -0.1) is 0 Å². The number of nitrogens with one attached hydrogen (secondary N) is 1. The van der Waals surface area contributed by atoms with Gasteiger partial charge in [0.15, 0.2) is 20.7 Å². The summed E-state index contributed by atoms with van der Waals surface area (Å²) in [7, 11) is -3.05. The largest absolute Gasteiger partial charge is 0.296 e. The molecule has 1 aliphatic carbocycles. The fraction of sp³-hybridized carbons (Fsp3) is 0.421. The number of sulfone groups is 1. The van der Waals surface area contributed by atoms with Crippen molar-refractivity contribution in [2.45, 2.75) is 38.1 Å². The third kappa shape index (κ3) is 3.44. The molecule has 1 amide bonds. The van der Waals surface area contributed by atoms with Crippen molar-refractivity contribution in [1.82, 2.24) is 14.8 Å². The minimum absolute atomic E-state index is 0.0750. The lowest BCUT2D eigenvalue weighted by molar-refractivity contribution is 0.102. The van der Waals surface area contributed by atoms with Crippen LogP contribution in [0.15, 0.2) is 18.2 Å². The van der Waals surface area contributed by atoms with Gasteiger partial charge in [-0.3, -0.25) is 14.8 Å². The summed E-state index contributed by atoms with van der Waals surface area (Å²) in [5, 5.41) is 7.74. The van der Waals surface area contributed by atoms with Crippen molar-refractivity contribution in [3.8, 4) is 0 Å². The lowest BCUT2D eigenvalue weighted by atomic mass is 9.95. The maximum absolute atomic E-state index is 13.4. The molecule has 1 atom stereocenters. The Hall–Kier alpha value is -2.33. The van der Waals surface area contributed by atoms with Gasteiger partial charge in [0.25, 0.3) is 5.91 Å². The summed E-state index contributed by atoms with van der Waals surface area (Å²) in [5.41, 5.74) is 2.85. The van der Waals surface area contributed by atoms with Crippen molar-refractivity contribution >= 4 is 42.4 Å². The van der Waals surface area contributed by atoms with Crippen molar-refractivity contribution < 1.29 is 17.6 Å². The number of rotatable bonds is 3. The number of fused-ring (bicyclic) bond motifs is 2. The van der Waals surface area contributed by atoms with E-state index in [1.807, 2.05) is 0 Å². The van der Waals surface area contributed by atoms with Crippen LogP contribution in [0.3, 0.4) is 0 Å². The second-order valence-electron chi connectivity index (χ2n) is 7.57. The summed E-state index contributed by atoms with van der Waals surface area (Å²) in [5.74, 6) is -0.470. The Morgan fingerprint density at radius 1 is 1.28 bits per heavy atom. The second-order valence-corrected chi connectivity index (χ2v) is 10.8. The highest BCUT2D eigenvalue weighted by molar-refractivity contribution is 7.91. The van der Waals surface area contributed by atoms with Crippen LogP contribution in [-0.2, 0) is 22.7 Å². The lowest BCUT2D eigenvalue weighted by Gasteiger charge is -2.17. The van der Waals surface area contributed by atoms with Gasteiger partial charge in [-0.05, 0) is 50.3 Å². The van der Waals surface area contributed by atoms with E-state index >= 15 is 0 Å². The van der Waals surface area contributed by atoms with Gasteiger partial charge in [-0.25, -0.2) is 17.8 Å². The zero-order valence-corrected chi connectivity index (χ0v) is 17.2. The minimum atomic E-state index is -3.05. The third-order valence-corrected chi connectivity index (χ3v) is 8.23. The van der Waals surface area contributed by atoms with Crippen molar-refractivity contribution in [2.75, 3.05) is 16.8 Å². The summed E-state index contributed by atoms with van der Waals surface area (Å²) >= 11 is 1.21. The van der Waals surface area contributed by atoms with Crippen LogP contribution in [0.4, 0.5) is 9.52 Å². The van der Waals surface area contributed by atoms with Gasteiger partial charge in [0.1, 0.15) is 5.82 Å². The number of thiazole rings is 1. The molecule has 152 valence electrons. The number of anilines is 1. The maximum atomic E-state index is 13.4. The van der Waals surface area contributed by atoms with Gasteiger partial charge in [0.05, 0.1) is 27.8 Å². The van der Waals surface area contributed by atoms with E-state index in [2.05, 4.69) is 15.4 Å². The Kier molecular flexibility index (Phi) is 4.43. The molecule has 10 heteroatoms. The normalized spacial score (nSPS) is 20.7. The van der Waals surface area contributed by atoms with Crippen molar-refractivity contribution in [1.29, 1.82) is 0 Å². The first-order valence-electron chi connectivity index (χ1n) is 9.58. The molecule has 7 nitrogen and oxygen atoms in total. The number of benzene rings is 1. The summed E-state index contributed by atoms with van der Waals surface area (Å²) in [6.07, 6.45) is 4.06. The number of aromatic nitrogens is 3. The molecular formula is C19H19FN4O3S2. The van der Waals surface area contributed by atoms with Gasteiger partial charge in [0.2, 0.25) is 0 Å². The van der Waals surface area contributed by atoms with Gasteiger partial charge >= 0.3 is 0 Å². The molecule has 0 radical (unpaired) electrons. The molecule has 3 heterocycles. The molecule has 5 rings (SSSR count). The van der Waals surface area contributed by atoms with E-state index in [0.29, 0.717) is 27.5 Å². The Morgan fingerprint density at radius 2 is 2.10 bits per heavy atom. The highest BCUT2D eigenvalue weighted by Crippen LogP contribution is 2.32. The SMILES string of the molecule is O=C(Nc1nc2ccc(F)cc2s1)c1nn([C@@H]2CCS(=O)(=O)C2)c2c1CCCC2. The standard InChI is InChI=1S/C19H19FN4O3S2/c20-11-5-6-14-16(9-11)28-19(21-14)22-18(25)17-13-3-1-2-4-15(13)24(23-17)12-7-8-29(26,27)10-12/h5-6,9,12H,1-4,7-8,10H2,(H,21,22,25)/t12-/m1/s1. The summed E-state index contributed by atoms with van der Waals surface area (Å²) in [6, 6.07) is 4.09. The van der Waals surface area contributed by atoms with Crippen LogP contribution in [-0.4, -0.2) is 40.6 Å². The first-order valence-corrected chi connectivity index (χ1v) is 12.2. The number of nitrogens with zero attached hydrogens (tertiary/aromatic N) is 3. The molecule has 1 aromatic carbocycles. The highest BCUT2D eigenvalue weighted by atomic mass is 32.2. The topological polar surface area (TPSA) is 93.9 Å². The van der Waals surface area contributed by atoms with Crippen LogP contribution in [0.25, 0.3) is 10.2 Å². The molecule has 29 heavy (non-hydrogen) atoms. The quantitative estimate of drug-likeness (QED) is 0.684. The van der Waals surface area contributed by atoms with Crippen molar-refractivity contribution in [3.63, 3.8) is 0 Å². The monoisotopic (exact) mass is 434 g/mol. The number of carbonyl (C=O) groups is 1. The van der Waals surface area contributed by atoms with Gasteiger partial charge in [-0.2, -0.15) is 5.10 Å². The van der Waals surface area contributed by atoms with E-state index in [1.165, 1.54) is 23.5 Å². The summed E-state index contributed by atoms with van der Waals surface area (Å²) in [4.78, 5) is 17.3. The summed E-state index contributed by atoms with van der Waals surface area (Å²) < 4.78 is 39.7. The fourth-order valence-electron chi connectivity index (χ4n) is 4.19. The van der Waals surface area contributed by atoms with Gasteiger partial charge < -0.3 is 0 Å². The third-order valence-electron chi connectivity index (χ3n) is 5.55. The van der Waals surface area contributed by atoms with Crippen LogP contribution in [0.1, 0.15) is 47.1 Å². The molecule has 0 spiro atoms. The van der Waals surface area contributed by atoms with Crippen molar-refractivity contribution in [2.24, 2.45) is 0 Å². The first kappa shape index (κ1) is 18.7. The molecule has 2 aliphatic rings. The van der Waals surface area contributed by atoms with Crippen LogP contribution < -0.4 is 5.32 Å². The second kappa shape index (κ2) is 6.88. The minimum Gasteiger partial charge on any atom is -0.296 e. The number of amides is 1. The van der Waals surface area contributed by atoms with E-state index in [1.54, 1.807) is 10.7 Å². The fourth-order valence-corrected chi connectivity index (χ4v) is 6.76. The van der Waals surface area contributed by atoms with E-state index in [9.17, 15) is 17.6 Å². The van der Waals surface area contributed by atoms with E-state index in [4.69, 9.17) is 0 Å². The zero-order valence-electron chi connectivity index (χ0n) is 15.5. The maximum Gasteiger partial charge on any atom is 0.278 e. The lowest BCUT2D eigenvalue weighted by Crippen LogP contribution is -2.17. The predicted octanol–water partition coefficient (Wildman–Crippen LogP) is 3.12. The molecule has 1 saturated heterocycles. The van der Waals surface area contributed by atoms with Crippen molar-refractivity contribution in [3.05, 3.63) is 41.0 Å². The molecule has 2 aromatic heterocycles. The van der Waals surface area contributed by atoms with E-state index in [0.717, 1.165) is 36.9 Å². The smallest absolute Gasteiger partial charge is 0.278 e. The summed E-state index contributed by atoms with van der Waals surface area (Å²) in [6.45, 7) is 0. The van der Waals surface area contributed by atoms with Crippen LogP contribution in [0.5, 0.6) is 0 Å². The number of hydrogen-bond donors (Lipinski definition) is 1. The Morgan fingerprint density at radius 3 is 2.90 bits per heavy atom. The van der Waals surface area contributed by atoms with E-state index in [-0.39, 0.29) is 29.3 Å². The number of carbonyl (C=O) groups excluding carboxylic acids is 1. The molecule has 0 bridgehead atoms. The molecule has 3 aromatic rings. The Labute approximate surface area is 170 Å². The van der Waals surface area contributed by atoms with Crippen LogP contribution in [0.2, 0.25) is 0 Å². The molecule has 0 saturated carbocycles. The average Bonchev–Trinajstić information content (AvgIpc) is 3.35. The number of halogens is 1. The molecule has 1 aliphatic heterocycles. The average molecular weight is 435 g/mol. The van der Waals surface area contributed by atoms with Gasteiger partial charge in [0, 0.05) is 11.3 Å². The van der Waals surface area contributed by atoms with Crippen LogP contribution in [0, 0.1) is 5.82 Å².